The van der Waals surface area contributed by atoms with E-state index in [1.165, 1.54) is 18.0 Å². The molecule has 296 valence electrons. The molecular formula is C36H62N6O10. The van der Waals surface area contributed by atoms with Crippen molar-refractivity contribution in [2.24, 2.45) is 20.0 Å². The minimum Gasteiger partial charge on any atom is -0.457 e. The van der Waals surface area contributed by atoms with Gasteiger partial charge in [0, 0.05) is 30.6 Å². The fourth-order valence-electron chi connectivity index (χ4n) is 4.30. The molecule has 0 saturated heterocycles. The first kappa shape index (κ1) is 48.1. The summed E-state index contributed by atoms with van der Waals surface area (Å²) < 4.78 is 21.5. The van der Waals surface area contributed by atoms with Crippen LogP contribution in [-0.2, 0) is 43.0 Å². The van der Waals surface area contributed by atoms with Gasteiger partial charge >= 0.3 is 12.1 Å². The SMILES string of the molecule is C=C(C)C(=O)OC(C)COCCCOCC(C)OC(=O)NCCCCCCN(OC=NC(CCCCC)N=C=O)OC=NC(CCCCC)N=C=O. The van der Waals surface area contributed by atoms with Crippen LogP contribution in [-0.4, -0.2) is 106 Å². The number of carbonyl (C=O) groups excluding carboxylic acids is 4. The van der Waals surface area contributed by atoms with E-state index >= 15 is 0 Å². The van der Waals surface area contributed by atoms with Crippen molar-refractivity contribution < 1.29 is 47.8 Å². The number of isocyanates is 2. The molecule has 0 aliphatic heterocycles. The molecule has 52 heavy (non-hydrogen) atoms. The zero-order valence-corrected chi connectivity index (χ0v) is 31.9. The van der Waals surface area contributed by atoms with Crippen molar-refractivity contribution in [3.8, 4) is 0 Å². The Balaban J connectivity index is 4.48. The number of carbonyl (C=O) groups is 2. The summed E-state index contributed by atoms with van der Waals surface area (Å²) in [5.41, 5.74) is 0.344. The van der Waals surface area contributed by atoms with Gasteiger partial charge in [-0.1, -0.05) is 59.0 Å². The second-order valence-corrected chi connectivity index (χ2v) is 12.2. The average molecular weight is 739 g/mol. The van der Waals surface area contributed by atoms with E-state index in [1.807, 2.05) is 0 Å². The van der Waals surface area contributed by atoms with Gasteiger partial charge in [-0.25, -0.2) is 29.2 Å². The van der Waals surface area contributed by atoms with Crippen molar-refractivity contribution in [2.45, 2.75) is 143 Å². The summed E-state index contributed by atoms with van der Waals surface area (Å²) in [5.74, 6) is -0.440. The van der Waals surface area contributed by atoms with Crippen LogP contribution >= 0.6 is 0 Å². The normalized spacial score (nSPS) is 13.5. The monoisotopic (exact) mass is 738 g/mol. The van der Waals surface area contributed by atoms with Crippen LogP contribution in [0.15, 0.2) is 32.1 Å². The van der Waals surface area contributed by atoms with Gasteiger partial charge in [0.2, 0.25) is 25.0 Å². The maximum atomic E-state index is 12.1. The first-order chi connectivity index (χ1) is 25.2. The molecular weight excluding hydrogens is 676 g/mol. The minimum absolute atomic E-state index is 0.254. The molecule has 0 heterocycles. The van der Waals surface area contributed by atoms with Crippen molar-refractivity contribution >= 4 is 37.0 Å². The number of nitrogens with one attached hydrogen (secondary N) is 1. The van der Waals surface area contributed by atoms with Crippen LogP contribution in [0, 0.1) is 0 Å². The summed E-state index contributed by atoms with van der Waals surface area (Å²) in [6.07, 6.45) is 13.7. The van der Waals surface area contributed by atoms with E-state index in [0.29, 0.717) is 57.6 Å². The van der Waals surface area contributed by atoms with Gasteiger partial charge in [-0.3, -0.25) is 0 Å². The lowest BCUT2D eigenvalue weighted by molar-refractivity contribution is -0.271. The van der Waals surface area contributed by atoms with E-state index in [0.717, 1.165) is 57.8 Å². The number of aliphatic imine (C=N–C) groups is 4. The number of hydrogen-bond acceptors (Lipinski definition) is 15. The first-order valence-corrected chi connectivity index (χ1v) is 18.4. The second kappa shape index (κ2) is 34.2. The molecule has 4 unspecified atom stereocenters. The highest BCUT2D eigenvalue weighted by Gasteiger charge is 2.12. The Bertz CT molecular complexity index is 1070. The first-order valence-electron chi connectivity index (χ1n) is 18.4. The topological polar surface area (TPSA) is 188 Å². The number of amides is 1. The highest BCUT2D eigenvalue weighted by atomic mass is 16.9. The summed E-state index contributed by atoms with van der Waals surface area (Å²) in [5, 5.41) is 3.95. The molecule has 0 aromatic carbocycles. The molecule has 0 saturated carbocycles. The highest BCUT2D eigenvalue weighted by molar-refractivity contribution is 5.87. The molecule has 0 aromatic heterocycles. The molecule has 0 aliphatic rings. The van der Waals surface area contributed by atoms with Crippen LogP contribution in [0.5, 0.6) is 0 Å². The van der Waals surface area contributed by atoms with Crippen LogP contribution in [0.3, 0.4) is 0 Å². The second-order valence-electron chi connectivity index (χ2n) is 12.2. The molecule has 0 aliphatic carbocycles. The number of nitrogens with zero attached hydrogens (tertiary/aromatic N) is 5. The molecule has 1 N–H and O–H groups in total. The van der Waals surface area contributed by atoms with Crippen LogP contribution in [0.25, 0.3) is 0 Å². The Morgan fingerprint density at radius 2 is 1.27 bits per heavy atom. The lowest BCUT2D eigenvalue weighted by Crippen LogP contribution is -2.30. The third-order valence-electron chi connectivity index (χ3n) is 7.11. The van der Waals surface area contributed by atoms with Crippen molar-refractivity contribution in [3.63, 3.8) is 0 Å². The number of hydroxylamine groups is 2. The number of ether oxygens (including phenoxy) is 4. The smallest absolute Gasteiger partial charge is 0.407 e. The fraction of sp³-hybridized carbons (Fsp3) is 0.778. The lowest BCUT2D eigenvalue weighted by Gasteiger charge is -2.17. The summed E-state index contributed by atoms with van der Waals surface area (Å²) in [6, 6.07) is 0. The van der Waals surface area contributed by atoms with Crippen molar-refractivity contribution in [3.05, 3.63) is 12.2 Å². The largest absolute Gasteiger partial charge is 0.457 e. The van der Waals surface area contributed by atoms with E-state index < -0.39 is 30.5 Å². The summed E-state index contributed by atoms with van der Waals surface area (Å²) in [7, 11) is 0. The Kier molecular flexibility index (Phi) is 31.6. The van der Waals surface area contributed by atoms with Crippen LogP contribution < -0.4 is 5.32 Å². The maximum Gasteiger partial charge on any atom is 0.407 e. The predicted octanol–water partition coefficient (Wildman–Crippen LogP) is 6.30. The van der Waals surface area contributed by atoms with Crippen LogP contribution in [0.4, 0.5) is 4.79 Å². The van der Waals surface area contributed by atoms with Gasteiger partial charge in [-0.05, 0) is 65.7 Å². The predicted molar refractivity (Wildman–Crippen MR) is 197 cm³/mol. The van der Waals surface area contributed by atoms with E-state index in [-0.39, 0.29) is 19.3 Å². The quantitative estimate of drug-likeness (QED) is 0.0148. The molecule has 0 radical (unpaired) electrons. The standard InChI is InChI=1S/C36H62N6O10/c1-7-9-13-18-33(38-26-43)40-28-49-42(50-29-41-34(39-27-44)19-14-10-8-2)21-16-12-11-15-20-37-36(46)52-32(6)25-48-23-17-22-47-24-31(5)51-35(45)30(3)4/h28-29,31-34H,3,7-25H2,1-2,4-6H3,(H,37,46). The Labute approximate surface area is 309 Å². The lowest BCUT2D eigenvalue weighted by atomic mass is 10.2. The third-order valence-corrected chi connectivity index (χ3v) is 7.11. The Hall–Kier alpha value is -3.94. The molecule has 0 spiro atoms. The third kappa shape index (κ3) is 29.8. The molecule has 1 amide bonds. The van der Waals surface area contributed by atoms with Gasteiger partial charge in [0.05, 0.1) is 19.8 Å². The summed E-state index contributed by atoms with van der Waals surface area (Å²) in [4.78, 5) is 72.2. The van der Waals surface area contributed by atoms with Gasteiger partial charge < -0.3 is 33.9 Å². The summed E-state index contributed by atoms with van der Waals surface area (Å²) in [6.45, 7) is 15.0. The molecule has 0 fully saturated rings. The Morgan fingerprint density at radius 3 is 1.77 bits per heavy atom. The minimum atomic E-state index is -0.591. The fourth-order valence-corrected chi connectivity index (χ4v) is 4.30. The number of esters is 1. The van der Waals surface area contributed by atoms with Gasteiger partial charge in [-0.2, -0.15) is 9.98 Å². The van der Waals surface area contributed by atoms with Gasteiger partial charge in [-0.15, -0.1) is 0 Å². The highest BCUT2D eigenvalue weighted by Crippen LogP contribution is 2.10. The van der Waals surface area contributed by atoms with Gasteiger partial charge in [0.25, 0.3) is 0 Å². The molecule has 16 heteroatoms. The van der Waals surface area contributed by atoms with Crippen molar-refractivity contribution in [2.75, 3.05) is 39.5 Å². The zero-order chi connectivity index (χ0) is 38.7. The number of hydrogen-bond donors (Lipinski definition) is 1. The number of unbranched alkanes of at least 4 members (excludes halogenated alkanes) is 7. The molecule has 0 bridgehead atoms. The van der Waals surface area contributed by atoms with E-state index in [9.17, 15) is 19.2 Å². The van der Waals surface area contributed by atoms with Crippen LogP contribution in [0.2, 0.25) is 0 Å². The number of rotatable bonds is 34. The number of alkyl carbamates (subject to hydrolysis) is 1. The average Bonchev–Trinajstić information content (AvgIpc) is 3.10. The molecule has 16 nitrogen and oxygen atoms in total. The van der Waals surface area contributed by atoms with E-state index in [4.69, 9.17) is 28.6 Å². The van der Waals surface area contributed by atoms with Crippen LogP contribution in [0.1, 0.15) is 118 Å². The van der Waals surface area contributed by atoms with E-state index in [1.54, 1.807) is 32.9 Å². The molecule has 4 atom stereocenters. The molecule has 0 rings (SSSR count). The van der Waals surface area contributed by atoms with E-state index in [2.05, 4.69) is 45.7 Å². The van der Waals surface area contributed by atoms with Crippen molar-refractivity contribution in [1.82, 2.24) is 10.5 Å². The van der Waals surface area contributed by atoms with Gasteiger partial charge in [0.1, 0.15) is 12.2 Å². The summed E-state index contributed by atoms with van der Waals surface area (Å²) >= 11 is 0. The Morgan fingerprint density at radius 1 is 0.750 bits per heavy atom. The molecule has 0 aromatic rings. The maximum absolute atomic E-state index is 12.1. The van der Waals surface area contributed by atoms with Gasteiger partial charge in [0.15, 0.2) is 12.3 Å². The van der Waals surface area contributed by atoms with Crippen molar-refractivity contribution in [1.29, 1.82) is 0 Å². The zero-order valence-electron chi connectivity index (χ0n) is 31.9.